The summed E-state index contributed by atoms with van der Waals surface area (Å²) in [6.07, 6.45) is -3.83. The normalized spacial score (nSPS) is 11.1. The summed E-state index contributed by atoms with van der Waals surface area (Å²) in [4.78, 5) is 11.7. The molecule has 0 fully saturated rings. The van der Waals surface area contributed by atoms with Crippen molar-refractivity contribution in [3.63, 3.8) is 0 Å². The molecule has 0 saturated heterocycles. The number of hydrogen-bond donors (Lipinski definition) is 3. The van der Waals surface area contributed by atoms with E-state index in [4.69, 9.17) is 5.11 Å². The molecule has 2 rings (SSSR count). The van der Waals surface area contributed by atoms with Gasteiger partial charge in [0.25, 0.3) is 0 Å². The molecule has 4 nitrogen and oxygen atoms in total. The number of carbonyl (C=O) groups excluding carboxylic acids is 1. The fourth-order valence-corrected chi connectivity index (χ4v) is 1.90. The van der Waals surface area contributed by atoms with Crippen LogP contribution in [0.25, 0.3) is 0 Å². The Bertz CT molecular complexity index is 653. The molecular formula is C16H15F3N2O2. The number of phenols is 1. The van der Waals surface area contributed by atoms with Crippen LogP contribution in [0.5, 0.6) is 5.75 Å². The van der Waals surface area contributed by atoms with Gasteiger partial charge < -0.3 is 15.7 Å². The molecule has 3 N–H and O–H groups in total. The number of benzene rings is 2. The first kappa shape index (κ1) is 16.7. The number of nitrogens with one attached hydrogen (secondary N) is 2. The number of aromatic hydroxyl groups is 1. The summed E-state index contributed by atoms with van der Waals surface area (Å²) in [5, 5.41) is 14.2. The fourth-order valence-electron chi connectivity index (χ4n) is 1.90. The zero-order valence-corrected chi connectivity index (χ0v) is 12.0. The topological polar surface area (TPSA) is 61.4 Å². The summed E-state index contributed by atoms with van der Waals surface area (Å²) in [6, 6.07) is 10.3. The Labute approximate surface area is 131 Å². The second-order valence-corrected chi connectivity index (χ2v) is 4.87. The lowest BCUT2D eigenvalue weighted by Crippen LogP contribution is -2.30. The minimum absolute atomic E-state index is 0.168. The summed E-state index contributed by atoms with van der Waals surface area (Å²) in [7, 11) is 0. The Morgan fingerprint density at radius 3 is 2.17 bits per heavy atom. The van der Waals surface area contributed by atoms with Crippen LogP contribution in [-0.2, 0) is 12.6 Å². The van der Waals surface area contributed by atoms with Gasteiger partial charge in [0.15, 0.2) is 0 Å². The lowest BCUT2D eigenvalue weighted by Gasteiger charge is -2.10. The third kappa shape index (κ3) is 5.21. The van der Waals surface area contributed by atoms with Crippen molar-refractivity contribution in [2.45, 2.75) is 12.6 Å². The minimum Gasteiger partial charge on any atom is -0.508 e. The standard InChI is InChI=1S/C16H15F3N2O2/c17-16(18,19)12-3-5-13(6-4-12)21-15(23)20-10-9-11-1-7-14(22)8-2-11/h1-8,22H,9-10H2,(H2,20,21,23). The van der Waals surface area contributed by atoms with Crippen LogP contribution in [0.3, 0.4) is 0 Å². The van der Waals surface area contributed by atoms with Crippen molar-refractivity contribution in [3.05, 3.63) is 59.7 Å². The maximum atomic E-state index is 12.4. The van der Waals surface area contributed by atoms with E-state index in [0.717, 1.165) is 17.7 Å². The average Bonchev–Trinajstić information content (AvgIpc) is 2.49. The molecule has 0 heterocycles. The molecule has 0 aliphatic carbocycles. The Morgan fingerprint density at radius 2 is 1.61 bits per heavy atom. The van der Waals surface area contributed by atoms with E-state index in [1.807, 2.05) is 0 Å². The number of hydrogen-bond acceptors (Lipinski definition) is 2. The van der Waals surface area contributed by atoms with Gasteiger partial charge >= 0.3 is 12.2 Å². The second kappa shape index (κ2) is 7.04. The van der Waals surface area contributed by atoms with Crippen molar-refractivity contribution in [3.8, 4) is 5.75 Å². The molecular weight excluding hydrogens is 309 g/mol. The first-order valence-corrected chi connectivity index (χ1v) is 6.84. The van der Waals surface area contributed by atoms with Gasteiger partial charge in [-0.1, -0.05) is 12.1 Å². The van der Waals surface area contributed by atoms with Crippen molar-refractivity contribution < 1.29 is 23.1 Å². The van der Waals surface area contributed by atoms with Crippen LogP contribution in [0.1, 0.15) is 11.1 Å². The van der Waals surface area contributed by atoms with Gasteiger partial charge in [-0.25, -0.2) is 4.79 Å². The fraction of sp³-hybridized carbons (Fsp3) is 0.188. The van der Waals surface area contributed by atoms with E-state index in [-0.39, 0.29) is 11.4 Å². The zero-order chi connectivity index (χ0) is 16.9. The summed E-state index contributed by atoms with van der Waals surface area (Å²) >= 11 is 0. The molecule has 2 aromatic carbocycles. The van der Waals surface area contributed by atoms with Gasteiger partial charge in [-0.05, 0) is 48.4 Å². The average molecular weight is 324 g/mol. The largest absolute Gasteiger partial charge is 0.508 e. The van der Waals surface area contributed by atoms with E-state index < -0.39 is 17.8 Å². The van der Waals surface area contributed by atoms with E-state index in [2.05, 4.69) is 10.6 Å². The number of alkyl halides is 3. The lowest BCUT2D eigenvalue weighted by molar-refractivity contribution is -0.137. The molecule has 0 bridgehead atoms. The van der Waals surface area contributed by atoms with Gasteiger partial charge in [-0.15, -0.1) is 0 Å². The highest BCUT2D eigenvalue weighted by Crippen LogP contribution is 2.29. The van der Waals surface area contributed by atoms with Crippen LogP contribution >= 0.6 is 0 Å². The van der Waals surface area contributed by atoms with Gasteiger partial charge in [-0.3, -0.25) is 0 Å². The first-order chi connectivity index (χ1) is 10.8. The van der Waals surface area contributed by atoms with Gasteiger partial charge in [0.05, 0.1) is 5.56 Å². The summed E-state index contributed by atoms with van der Waals surface area (Å²) in [6.45, 7) is 0.358. The van der Waals surface area contributed by atoms with Crippen molar-refractivity contribution in [2.75, 3.05) is 11.9 Å². The number of halogens is 3. The van der Waals surface area contributed by atoms with Crippen LogP contribution < -0.4 is 10.6 Å². The quantitative estimate of drug-likeness (QED) is 0.801. The smallest absolute Gasteiger partial charge is 0.416 e. The summed E-state index contributed by atoms with van der Waals surface area (Å²) < 4.78 is 37.3. The molecule has 0 saturated carbocycles. The number of carbonyl (C=O) groups is 1. The van der Waals surface area contributed by atoms with Crippen LogP contribution in [0.15, 0.2) is 48.5 Å². The van der Waals surface area contributed by atoms with E-state index >= 15 is 0 Å². The number of anilines is 1. The lowest BCUT2D eigenvalue weighted by atomic mass is 10.1. The highest BCUT2D eigenvalue weighted by molar-refractivity contribution is 5.89. The molecule has 0 atom stereocenters. The van der Waals surface area contributed by atoms with Crippen LogP contribution in [-0.4, -0.2) is 17.7 Å². The predicted molar refractivity (Wildman–Crippen MR) is 80.3 cm³/mol. The summed E-state index contributed by atoms with van der Waals surface area (Å²) in [5.41, 5.74) is 0.452. The molecule has 122 valence electrons. The third-order valence-electron chi connectivity index (χ3n) is 3.11. The Morgan fingerprint density at radius 1 is 1.00 bits per heavy atom. The van der Waals surface area contributed by atoms with Crippen LogP contribution in [0.2, 0.25) is 0 Å². The molecule has 0 radical (unpaired) electrons. The van der Waals surface area contributed by atoms with Gasteiger partial charge in [0.1, 0.15) is 5.75 Å². The molecule has 0 aromatic heterocycles. The molecule has 0 spiro atoms. The number of amides is 2. The van der Waals surface area contributed by atoms with Crippen molar-refractivity contribution in [1.82, 2.24) is 5.32 Å². The highest BCUT2D eigenvalue weighted by atomic mass is 19.4. The number of urea groups is 1. The van der Waals surface area contributed by atoms with Crippen molar-refractivity contribution in [1.29, 1.82) is 0 Å². The molecule has 2 aromatic rings. The van der Waals surface area contributed by atoms with Gasteiger partial charge in [0.2, 0.25) is 0 Å². The molecule has 7 heteroatoms. The van der Waals surface area contributed by atoms with E-state index in [9.17, 15) is 18.0 Å². The Kier molecular flexibility index (Phi) is 5.10. The zero-order valence-electron chi connectivity index (χ0n) is 12.0. The first-order valence-electron chi connectivity index (χ1n) is 6.84. The van der Waals surface area contributed by atoms with E-state index in [0.29, 0.717) is 13.0 Å². The molecule has 2 amide bonds. The summed E-state index contributed by atoms with van der Waals surface area (Å²) in [5.74, 6) is 0.168. The molecule has 0 unspecified atom stereocenters. The Hall–Kier alpha value is -2.70. The monoisotopic (exact) mass is 324 g/mol. The maximum Gasteiger partial charge on any atom is 0.416 e. The van der Waals surface area contributed by atoms with E-state index in [1.165, 1.54) is 12.1 Å². The molecule has 0 aliphatic rings. The van der Waals surface area contributed by atoms with E-state index in [1.54, 1.807) is 24.3 Å². The molecule has 23 heavy (non-hydrogen) atoms. The van der Waals surface area contributed by atoms with Crippen molar-refractivity contribution >= 4 is 11.7 Å². The molecule has 0 aliphatic heterocycles. The maximum absolute atomic E-state index is 12.4. The SMILES string of the molecule is O=C(NCCc1ccc(O)cc1)Nc1ccc(C(F)(F)F)cc1. The minimum atomic E-state index is -4.40. The highest BCUT2D eigenvalue weighted by Gasteiger charge is 2.29. The van der Waals surface area contributed by atoms with Crippen molar-refractivity contribution in [2.24, 2.45) is 0 Å². The van der Waals surface area contributed by atoms with Gasteiger partial charge in [0, 0.05) is 12.2 Å². The van der Waals surface area contributed by atoms with Crippen LogP contribution in [0.4, 0.5) is 23.7 Å². The third-order valence-corrected chi connectivity index (χ3v) is 3.11. The number of phenolic OH excluding ortho intramolecular Hbond substituents is 1. The predicted octanol–water partition coefficient (Wildman–Crippen LogP) is 3.78. The van der Waals surface area contributed by atoms with Crippen LogP contribution in [0, 0.1) is 0 Å². The second-order valence-electron chi connectivity index (χ2n) is 4.87. The Balaban J connectivity index is 1.79. The number of rotatable bonds is 4. The van der Waals surface area contributed by atoms with Gasteiger partial charge in [-0.2, -0.15) is 13.2 Å².